The van der Waals surface area contributed by atoms with Gasteiger partial charge in [0.1, 0.15) is 4.99 Å². The highest BCUT2D eigenvalue weighted by Gasteiger charge is 2.15. The first-order valence-corrected chi connectivity index (χ1v) is 7.19. The number of hydrogen-bond donors (Lipinski definition) is 2. The number of thiocarbonyl (C=S) groups is 1. The van der Waals surface area contributed by atoms with E-state index in [1.807, 2.05) is 0 Å². The van der Waals surface area contributed by atoms with Crippen LogP contribution in [0.4, 0.5) is 5.69 Å². The van der Waals surface area contributed by atoms with Gasteiger partial charge in [-0.25, -0.2) is 8.42 Å². The minimum absolute atomic E-state index is 0.0988. The number of hydrogen-bond acceptors (Lipinski definition) is 4. The van der Waals surface area contributed by atoms with Crippen LogP contribution in [0.25, 0.3) is 0 Å². The number of anilines is 1. The lowest BCUT2D eigenvalue weighted by atomic mass is 10.2. The molecule has 0 saturated carbocycles. The van der Waals surface area contributed by atoms with E-state index in [1.54, 1.807) is 25.4 Å². The first-order valence-electron chi connectivity index (χ1n) is 5.30. The number of rotatable bonds is 4. The average Bonchev–Trinajstić information content (AvgIpc) is 2.74. The Hall–Kier alpha value is -1.93. The van der Waals surface area contributed by atoms with Gasteiger partial charge in [0, 0.05) is 18.8 Å². The quantitative estimate of drug-likeness (QED) is 0.817. The molecule has 1 aromatic heterocycles. The van der Waals surface area contributed by atoms with E-state index in [2.05, 4.69) is 9.82 Å². The van der Waals surface area contributed by atoms with E-state index in [4.69, 9.17) is 18.0 Å². The Labute approximate surface area is 116 Å². The monoisotopic (exact) mass is 296 g/mol. The van der Waals surface area contributed by atoms with Gasteiger partial charge in [0.25, 0.3) is 10.0 Å². The summed E-state index contributed by atoms with van der Waals surface area (Å²) in [5, 5.41) is 3.89. The summed E-state index contributed by atoms with van der Waals surface area (Å²) in [6.07, 6.45) is 2.99. The van der Waals surface area contributed by atoms with Gasteiger partial charge < -0.3 is 5.73 Å². The summed E-state index contributed by atoms with van der Waals surface area (Å²) >= 11 is 4.83. The second kappa shape index (κ2) is 4.98. The summed E-state index contributed by atoms with van der Waals surface area (Å²) in [6.45, 7) is 0. The first-order chi connectivity index (χ1) is 8.88. The Bertz CT molecular complexity index is 722. The fourth-order valence-electron chi connectivity index (χ4n) is 1.50. The Morgan fingerprint density at radius 2 is 2.21 bits per heavy atom. The van der Waals surface area contributed by atoms with E-state index < -0.39 is 10.0 Å². The van der Waals surface area contributed by atoms with Crippen molar-refractivity contribution in [1.82, 2.24) is 9.78 Å². The number of aryl methyl sites for hydroxylation is 1. The lowest BCUT2D eigenvalue weighted by Crippen LogP contribution is -2.15. The van der Waals surface area contributed by atoms with Crippen LogP contribution in [-0.4, -0.2) is 23.2 Å². The molecule has 2 aromatic rings. The molecule has 2 rings (SSSR count). The van der Waals surface area contributed by atoms with Gasteiger partial charge in [0.15, 0.2) is 0 Å². The maximum absolute atomic E-state index is 12.2. The van der Waals surface area contributed by atoms with Crippen molar-refractivity contribution in [2.45, 2.75) is 4.90 Å². The van der Waals surface area contributed by atoms with Crippen molar-refractivity contribution in [1.29, 1.82) is 0 Å². The predicted molar refractivity (Wildman–Crippen MR) is 76.3 cm³/mol. The van der Waals surface area contributed by atoms with E-state index in [0.29, 0.717) is 11.3 Å². The molecular formula is C11H12N4O2S2. The minimum Gasteiger partial charge on any atom is -0.389 e. The predicted octanol–water partition coefficient (Wildman–Crippen LogP) is 0.855. The topological polar surface area (TPSA) is 90.0 Å². The van der Waals surface area contributed by atoms with Gasteiger partial charge >= 0.3 is 0 Å². The van der Waals surface area contributed by atoms with Gasteiger partial charge in [0.05, 0.1) is 16.8 Å². The molecule has 0 fully saturated rings. The van der Waals surface area contributed by atoms with Crippen molar-refractivity contribution in [3.63, 3.8) is 0 Å². The first kappa shape index (κ1) is 13.5. The average molecular weight is 296 g/mol. The Morgan fingerprint density at radius 1 is 1.47 bits per heavy atom. The van der Waals surface area contributed by atoms with Crippen LogP contribution in [0.3, 0.4) is 0 Å². The van der Waals surface area contributed by atoms with Crippen LogP contribution in [0.15, 0.2) is 41.6 Å². The zero-order valence-corrected chi connectivity index (χ0v) is 11.7. The molecule has 1 aromatic carbocycles. The van der Waals surface area contributed by atoms with Gasteiger partial charge in [-0.05, 0) is 12.1 Å². The van der Waals surface area contributed by atoms with Crippen molar-refractivity contribution in [3.8, 4) is 0 Å². The maximum Gasteiger partial charge on any atom is 0.262 e. The third kappa shape index (κ3) is 3.09. The number of nitrogens with one attached hydrogen (secondary N) is 1. The van der Waals surface area contributed by atoms with Crippen molar-refractivity contribution in [2.75, 3.05) is 4.72 Å². The summed E-state index contributed by atoms with van der Waals surface area (Å²) in [4.78, 5) is 0.250. The van der Waals surface area contributed by atoms with Crippen LogP contribution in [-0.2, 0) is 17.1 Å². The number of benzene rings is 1. The van der Waals surface area contributed by atoms with E-state index >= 15 is 0 Å². The van der Waals surface area contributed by atoms with Crippen LogP contribution >= 0.6 is 12.2 Å². The summed E-state index contributed by atoms with van der Waals surface area (Å²) < 4.78 is 28.2. The Balaban J connectivity index is 2.34. The highest BCUT2D eigenvalue weighted by molar-refractivity contribution is 7.92. The van der Waals surface area contributed by atoms with Crippen LogP contribution in [0.2, 0.25) is 0 Å². The third-order valence-electron chi connectivity index (χ3n) is 2.39. The van der Waals surface area contributed by atoms with Crippen molar-refractivity contribution in [2.24, 2.45) is 12.8 Å². The minimum atomic E-state index is -3.67. The number of nitrogens with two attached hydrogens (primary N) is 1. The second-order valence-corrected chi connectivity index (χ2v) is 6.02. The van der Waals surface area contributed by atoms with Gasteiger partial charge in [0.2, 0.25) is 0 Å². The molecule has 0 atom stereocenters. The van der Waals surface area contributed by atoms with Gasteiger partial charge in [-0.1, -0.05) is 24.4 Å². The highest BCUT2D eigenvalue weighted by Crippen LogP contribution is 2.16. The molecule has 0 bridgehead atoms. The number of aromatic nitrogens is 2. The van der Waals surface area contributed by atoms with Crippen molar-refractivity contribution < 1.29 is 8.42 Å². The normalized spacial score (nSPS) is 11.2. The van der Waals surface area contributed by atoms with Gasteiger partial charge in [-0.3, -0.25) is 9.40 Å². The van der Waals surface area contributed by atoms with Gasteiger partial charge in [-0.15, -0.1) is 0 Å². The second-order valence-electron chi connectivity index (χ2n) is 3.90. The SMILES string of the molecule is Cn1cc(NS(=O)(=O)c2cccc(C(N)=S)c2)cn1. The van der Waals surface area contributed by atoms with E-state index in [1.165, 1.54) is 23.0 Å². The van der Waals surface area contributed by atoms with Crippen LogP contribution in [0.5, 0.6) is 0 Å². The summed E-state index contributed by atoms with van der Waals surface area (Å²) in [7, 11) is -1.97. The van der Waals surface area contributed by atoms with Crippen LogP contribution in [0.1, 0.15) is 5.56 Å². The molecule has 0 saturated heterocycles. The van der Waals surface area contributed by atoms with E-state index in [0.717, 1.165) is 0 Å². The molecule has 3 N–H and O–H groups in total. The Kier molecular flexibility index (Phi) is 3.54. The molecule has 0 aliphatic carbocycles. The fourth-order valence-corrected chi connectivity index (χ4v) is 2.70. The molecule has 100 valence electrons. The summed E-state index contributed by atoms with van der Waals surface area (Å²) in [5.74, 6) is 0. The molecule has 1 heterocycles. The van der Waals surface area contributed by atoms with Gasteiger partial charge in [-0.2, -0.15) is 5.10 Å². The molecular weight excluding hydrogens is 284 g/mol. The zero-order valence-electron chi connectivity index (χ0n) is 10.1. The standard InChI is InChI=1S/C11H12N4O2S2/c1-15-7-9(6-13-15)14-19(16,17)10-4-2-3-8(5-10)11(12)18/h2-7,14H,1H3,(H2,12,18). The van der Waals surface area contributed by atoms with E-state index in [9.17, 15) is 8.42 Å². The fraction of sp³-hybridized carbons (Fsp3) is 0.0909. The van der Waals surface area contributed by atoms with Crippen LogP contribution in [0, 0.1) is 0 Å². The lowest BCUT2D eigenvalue weighted by Gasteiger charge is -2.07. The smallest absolute Gasteiger partial charge is 0.262 e. The molecule has 0 aliphatic rings. The zero-order chi connectivity index (χ0) is 14.0. The largest absolute Gasteiger partial charge is 0.389 e. The molecule has 8 heteroatoms. The van der Waals surface area contributed by atoms with Crippen molar-refractivity contribution in [3.05, 3.63) is 42.2 Å². The summed E-state index contributed by atoms with van der Waals surface area (Å²) in [5.41, 5.74) is 6.38. The Morgan fingerprint density at radius 3 is 2.79 bits per heavy atom. The summed E-state index contributed by atoms with van der Waals surface area (Å²) in [6, 6.07) is 6.15. The number of sulfonamides is 1. The lowest BCUT2D eigenvalue weighted by molar-refractivity contribution is 0.601. The van der Waals surface area contributed by atoms with Crippen LogP contribution < -0.4 is 10.5 Å². The number of nitrogens with zero attached hydrogens (tertiary/aromatic N) is 2. The third-order valence-corrected chi connectivity index (χ3v) is 4.00. The molecule has 0 unspecified atom stereocenters. The molecule has 0 spiro atoms. The van der Waals surface area contributed by atoms with E-state index in [-0.39, 0.29) is 9.88 Å². The highest BCUT2D eigenvalue weighted by atomic mass is 32.2. The molecule has 0 amide bonds. The maximum atomic E-state index is 12.2. The molecule has 19 heavy (non-hydrogen) atoms. The molecule has 6 nitrogen and oxygen atoms in total. The molecule has 0 aliphatic heterocycles. The van der Waals surface area contributed by atoms with Crippen molar-refractivity contribution >= 4 is 32.9 Å². The molecule has 0 radical (unpaired) electrons.